The van der Waals surface area contributed by atoms with Crippen molar-refractivity contribution in [1.29, 1.82) is 0 Å². The van der Waals surface area contributed by atoms with Crippen LogP contribution in [0.15, 0.2) is 6.20 Å². The molecule has 0 saturated heterocycles. The van der Waals surface area contributed by atoms with E-state index in [9.17, 15) is 0 Å². The van der Waals surface area contributed by atoms with Crippen LogP contribution in [-0.4, -0.2) is 32.8 Å². The molecule has 2 aromatic rings. The molecule has 0 spiro atoms. The number of hydrogen-bond acceptors (Lipinski definition) is 5. The Hall–Kier alpha value is -1.69. The topological polar surface area (TPSA) is 81.7 Å². The number of fused-ring (bicyclic) bond motifs is 1. The third kappa shape index (κ3) is 1.75. The van der Waals surface area contributed by atoms with Gasteiger partial charge < -0.3 is 11.1 Å². The fourth-order valence-corrected chi connectivity index (χ4v) is 1.47. The molecule has 2 aromatic heterocycles. The van der Waals surface area contributed by atoms with E-state index in [2.05, 4.69) is 20.4 Å². The van der Waals surface area contributed by atoms with E-state index in [0.717, 1.165) is 16.7 Å². The van der Waals surface area contributed by atoms with Crippen molar-refractivity contribution >= 4 is 17.0 Å². The highest BCUT2D eigenvalue weighted by Gasteiger charge is 2.07. The van der Waals surface area contributed by atoms with E-state index in [-0.39, 0.29) is 0 Å². The minimum Gasteiger partial charge on any atom is -0.353 e. The van der Waals surface area contributed by atoms with Gasteiger partial charge in [0.1, 0.15) is 11.0 Å². The minimum absolute atomic E-state index is 0.563. The van der Waals surface area contributed by atoms with Crippen LogP contribution < -0.4 is 11.1 Å². The molecule has 0 fully saturated rings. The molecule has 2 rings (SSSR count). The number of nitrogens with one attached hydrogen (secondary N) is 1. The van der Waals surface area contributed by atoms with Gasteiger partial charge in [-0.1, -0.05) is 0 Å². The van der Waals surface area contributed by atoms with Crippen molar-refractivity contribution in [2.45, 2.75) is 6.92 Å². The Bertz CT molecular complexity index is 475. The molecule has 3 N–H and O–H groups in total. The molecule has 0 saturated carbocycles. The number of aryl methyl sites for hydroxylation is 2. The maximum atomic E-state index is 5.39. The van der Waals surface area contributed by atoms with Gasteiger partial charge in [0, 0.05) is 20.1 Å². The lowest BCUT2D eigenvalue weighted by atomic mass is 10.4. The second-order valence-corrected chi connectivity index (χ2v) is 3.35. The molecule has 2 heterocycles. The predicted molar refractivity (Wildman–Crippen MR) is 58.6 cm³/mol. The van der Waals surface area contributed by atoms with Crippen LogP contribution in [0.2, 0.25) is 0 Å². The summed E-state index contributed by atoms with van der Waals surface area (Å²) in [5.41, 5.74) is 8.11. The third-order valence-corrected chi connectivity index (χ3v) is 2.19. The summed E-state index contributed by atoms with van der Waals surface area (Å²) in [5, 5.41) is 7.31. The fraction of sp³-hybridized carbons (Fsp3) is 0.444. The average Bonchev–Trinajstić information content (AvgIpc) is 2.52. The van der Waals surface area contributed by atoms with E-state index < -0.39 is 0 Å². The van der Waals surface area contributed by atoms with E-state index in [4.69, 9.17) is 5.73 Å². The van der Waals surface area contributed by atoms with Crippen LogP contribution in [0.1, 0.15) is 5.69 Å². The Labute approximate surface area is 87.5 Å². The smallest absolute Gasteiger partial charge is 0.223 e. The Morgan fingerprint density at radius 3 is 3.07 bits per heavy atom. The lowest BCUT2D eigenvalue weighted by molar-refractivity contribution is 0.782. The molecule has 0 bridgehead atoms. The zero-order valence-electron chi connectivity index (χ0n) is 8.86. The summed E-state index contributed by atoms with van der Waals surface area (Å²) in [5.74, 6) is 0.601. The van der Waals surface area contributed by atoms with E-state index >= 15 is 0 Å². The lowest BCUT2D eigenvalue weighted by Crippen LogP contribution is -2.14. The van der Waals surface area contributed by atoms with Crippen molar-refractivity contribution in [3.8, 4) is 0 Å². The molecule has 0 aliphatic heterocycles. The van der Waals surface area contributed by atoms with Crippen LogP contribution in [0.5, 0.6) is 0 Å². The zero-order chi connectivity index (χ0) is 10.8. The van der Waals surface area contributed by atoms with Crippen molar-refractivity contribution in [2.24, 2.45) is 12.8 Å². The molecular formula is C9H14N6. The van der Waals surface area contributed by atoms with Gasteiger partial charge in [0.15, 0.2) is 0 Å². The van der Waals surface area contributed by atoms with Crippen molar-refractivity contribution in [2.75, 3.05) is 18.4 Å². The van der Waals surface area contributed by atoms with Gasteiger partial charge >= 0.3 is 0 Å². The second-order valence-electron chi connectivity index (χ2n) is 3.35. The normalized spacial score (nSPS) is 10.9. The number of nitrogens with two attached hydrogens (primary N) is 1. The van der Waals surface area contributed by atoms with Gasteiger partial charge in [-0.05, 0) is 6.92 Å². The first-order valence-corrected chi connectivity index (χ1v) is 4.82. The van der Waals surface area contributed by atoms with Gasteiger partial charge in [-0.2, -0.15) is 5.10 Å². The number of aromatic nitrogens is 4. The highest BCUT2D eigenvalue weighted by atomic mass is 15.3. The molecular weight excluding hydrogens is 192 g/mol. The molecule has 6 nitrogen and oxygen atoms in total. The van der Waals surface area contributed by atoms with Crippen LogP contribution in [-0.2, 0) is 7.05 Å². The van der Waals surface area contributed by atoms with E-state index in [1.54, 1.807) is 10.9 Å². The number of hydrogen-bond donors (Lipinski definition) is 2. The summed E-state index contributed by atoms with van der Waals surface area (Å²) in [7, 11) is 1.88. The monoisotopic (exact) mass is 206 g/mol. The summed E-state index contributed by atoms with van der Waals surface area (Å²) in [4.78, 5) is 8.55. The molecule has 0 atom stereocenters. The third-order valence-electron chi connectivity index (χ3n) is 2.19. The highest BCUT2D eigenvalue weighted by Crippen LogP contribution is 2.14. The van der Waals surface area contributed by atoms with Gasteiger partial charge in [-0.15, -0.1) is 0 Å². The van der Waals surface area contributed by atoms with Gasteiger partial charge in [-0.3, -0.25) is 4.68 Å². The summed E-state index contributed by atoms with van der Waals surface area (Å²) < 4.78 is 1.78. The highest BCUT2D eigenvalue weighted by molar-refractivity contribution is 5.77. The average molecular weight is 206 g/mol. The van der Waals surface area contributed by atoms with Crippen molar-refractivity contribution in [3.05, 3.63) is 11.9 Å². The summed E-state index contributed by atoms with van der Waals surface area (Å²) in [6.45, 7) is 3.17. The second kappa shape index (κ2) is 3.82. The summed E-state index contributed by atoms with van der Waals surface area (Å²) in [6.07, 6.45) is 1.77. The first-order valence-electron chi connectivity index (χ1n) is 4.82. The zero-order valence-corrected chi connectivity index (χ0v) is 8.86. The van der Waals surface area contributed by atoms with Crippen molar-refractivity contribution in [1.82, 2.24) is 19.7 Å². The lowest BCUT2D eigenvalue weighted by Gasteiger charge is -2.01. The molecule has 0 aliphatic rings. The molecule has 0 radical (unpaired) electrons. The summed E-state index contributed by atoms with van der Waals surface area (Å²) >= 11 is 0. The van der Waals surface area contributed by atoms with E-state index in [1.165, 1.54) is 0 Å². The van der Waals surface area contributed by atoms with Crippen LogP contribution in [0.4, 0.5) is 5.95 Å². The fourth-order valence-electron chi connectivity index (χ4n) is 1.47. The van der Waals surface area contributed by atoms with Crippen LogP contribution >= 0.6 is 0 Å². The standard InChI is InChI=1S/C9H14N6/c1-6-8-7(15(2)14-6)5-12-9(13-8)11-4-3-10/h5H,3-4,10H2,1-2H3,(H,11,12,13). The summed E-state index contributed by atoms with van der Waals surface area (Å²) in [6, 6.07) is 0. The molecule has 0 amide bonds. The van der Waals surface area contributed by atoms with Crippen molar-refractivity contribution < 1.29 is 0 Å². The van der Waals surface area contributed by atoms with Gasteiger partial charge in [-0.25, -0.2) is 9.97 Å². The van der Waals surface area contributed by atoms with Gasteiger partial charge in [0.2, 0.25) is 5.95 Å². The predicted octanol–water partition coefficient (Wildman–Crippen LogP) is 0.0423. The van der Waals surface area contributed by atoms with Gasteiger partial charge in [0.25, 0.3) is 0 Å². The molecule has 80 valence electrons. The minimum atomic E-state index is 0.563. The first-order chi connectivity index (χ1) is 7.22. The molecule has 0 unspecified atom stereocenters. The SMILES string of the molecule is Cc1nn(C)c2cnc(NCCN)nc12. The Balaban J connectivity index is 2.41. The number of rotatable bonds is 3. The maximum Gasteiger partial charge on any atom is 0.223 e. The Kier molecular flexibility index (Phi) is 2.51. The van der Waals surface area contributed by atoms with Crippen molar-refractivity contribution in [3.63, 3.8) is 0 Å². The van der Waals surface area contributed by atoms with Crippen LogP contribution in [0.3, 0.4) is 0 Å². The molecule has 0 aromatic carbocycles. The quantitative estimate of drug-likeness (QED) is 0.741. The maximum absolute atomic E-state index is 5.39. The van der Waals surface area contributed by atoms with E-state index in [1.807, 2.05) is 14.0 Å². The molecule has 6 heteroatoms. The molecule has 15 heavy (non-hydrogen) atoms. The van der Waals surface area contributed by atoms with Crippen LogP contribution in [0, 0.1) is 6.92 Å². The molecule has 0 aliphatic carbocycles. The van der Waals surface area contributed by atoms with Gasteiger partial charge in [0.05, 0.1) is 11.9 Å². The largest absolute Gasteiger partial charge is 0.353 e. The Morgan fingerprint density at radius 2 is 2.33 bits per heavy atom. The van der Waals surface area contributed by atoms with E-state index in [0.29, 0.717) is 19.0 Å². The Morgan fingerprint density at radius 1 is 1.53 bits per heavy atom. The first kappa shape index (κ1) is 9.85. The number of anilines is 1. The van der Waals surface area contributed by atoms with Crippen LogP contribution in [0.25, 0.3) is 11.0 Å². The number of nitrogens with zero attached hydrogens (tertiary/aromatic N) is 4.